The third-order valence-corrected chi connectivity index (χ3v) is 3.55. The van der Waals surface area contributed by atoms with Crippen LogP contribution in [0.3, 0.4) is 0 Å². The van der Waals surface area contributed by atoms with Crippen molar-refractivity contribution in [2.75, 3.05) is 0 Å². The van der Waals surface area contributed by atoms with Gasteiger partial charge in [-0.25, -0.2) is 0 Å². The zero-order chi connectivity index (χ0) is 13.8. The normalized spacial score (nSPS) is 12.4. The van der Waals surface area contributed by atoms with Crippen LogP contribution in [-0.2, 0) is 6.54 Å². The van der Waals surface area contributed by atoms with Crippen molar-refractivity contribution in [3.63, 3.8) is 0 Å². The average molecular weight is 276 g/mol. The van der Waals surface area contributed by atoms with E-state index < -0.39 is 0 Å². The Morgan fingerprint density at radius 2 is 1.95 bits per heavy atom. The van der Waals surface area contributed by atoms with Gasteiger partial charge in [0.05, 0.1) is 0 Å². The van der Waals surface area contributed by atoms with E-state index in [0.29, 0.717) is 12.3 Å². The second-order valence-corrected chi connectivity index (χ2v) is 5.16. The van der Waals surface area contributed by atoms with E-state index in [9.17, 15) is 5.11 Å². The van der Waals surface area contributed by atoms with Crippen molar-refractivity contribution < 1.29 is 5.11 Å². The van der Waals surface area contributed by atoms with Gasteiger partial charge in [0.15, 0.2) is 0 Å². The number of rotatable bonds is 4. The van der Waals surface area contributed by atoms with Crippen molar-refractivity contribution in [3.05, 3.63) is 64.2 Å². The highest BCUT2D eigenvalue weighted by molar-refractivity contribution is 6.31. The number of phenols is 1. The van der Waals surface area contributed by atoms with Crippen LogP contribution in [0.25, 0.3) is 0 Å². The molecule has 0 saturated heterocycles. The summed E-state index contributed by atoms with van der Waals surface area (Å²) < 4.78 is 0. The highest BCUT2D eigenvalue weighted by atomic mass is 35.5. The molecule has 0 spiro atoms. The van der Waals surface area contributed by atoms with Gasteiger partial charge in [-0.3, -0.25) is 0 Å². The third-order valence-electron chi connectivity index (χ3n) is 3.21. The average Bonchev–Trinajstić information content (AvgIpc) is 2.40. The van der Waals surface area contributed by atoms with Crippen LogP contribution in [0.15, 0.2) is 42.5 Å². The Morgan fingerprint density at radius 3 is 2.68 bits per heavy atom. The lowest BCUT2D eigenvalue weighted by Crippen LogP contribution is -2.18. The van der Waals surface area contributed by atoms with E-state index in [0.717, 1.165) is 21.7 Å². The summed E-state index contributed by atoms with van der Waals surface area (Å²) in [4.78, 5) is 0. The van der Waals surface area contributed by atoms with Crippen molar-refractivity contribution in [1.29, 1.82) is 0 Å². The first-order chi connectivity index (χ1) is 9.08. The fourth-order valence-corrected chi connectivity index (χ4v) is 2.35. The first kappa shape index (κ1) is 13.9. The summed E-state index contributed by atoms with van der Waals surface area (Å²) in [6.07, 6.45) is 0. The largest absolute Gasteiger partial charge is 0.508 e. The summed E-state index contributed by atoms with van der Waals surface area (Å²) in [5.41, 5.74) is 3.11. The van der Waals surface area contributed by atoms with Crippen molar-refractivity contribution in [2.45, 2.75) is 26.4 Å². The van der Waals surface area contributed by atoms with Crippen LogP contribution in [-0.4, -0.2) is 5.11 Å². The zero-order valence-electron chi connectivity index (χ0n) is 11.2. The van der Waals surface area contributed by atoms with Crippen LogP contribution < -0.4 is 5.32 Å². The van der Waals surface area contributed by atoms with E-state index >= 15 is 0 Å². The molecule has 0 bridgehead atoms. The number of aryl methyl sites for hydroxylation is 1. The Hall–Kier alpha value is -1.51. The lowest BCUT2D eigenvalue weighted by molar-refractivity contribution is 0.460. The van der Waals surface area contributed by atoms with Gasteiger partial charge in [-0.05, 0) is 31.5 Å². The number of hydrogen-bond donors (Lipinski definition) is 2. The Kier molecular flexibility index (Phi) is 4.46. The minimum absolute atomic E-state index is 0.133. The molecule has 0 aliphatic carbocycles. The Morgan fingerprint density at radius 1 is 1.21 bits per heavy atom. The lowest BCUT2D eigenvalue weighted by Gasteiger charge is -2.16. The third kappa shape index (κ3) is 3.49. The van der Waals surface area contributed by atoms with Gasteiger partial charge in [0.2, 0.25) is 0 Å². The predicted octanol–water partition coefficient (Wildman–Crippen LogP) is 4.20. The molecule has 0 saturated carbocycles. The lowest BCUT2D eigenvalue weighted by atomic mass is 10.1. The molecule has 19 heavy (non-hydrogen) atoms. The van der Waals surface area contributed by atoms with Gasteiger partial charge >= 0.3 is 0 Å². The Bertz CT molecular complexity index is 568. The molecule has 0 fully saturated rings. The topological polar surface area (TPSA) is 32.3 Å². The molecule has 2 nitrogen and oxygen atoms in total. The molecule has 1 unspecified atom stereocenters. The number of halogens is 1. The number of nitrogens with one attached hydrogen (secondary N) is 1. The second kappa shape index (κ2) is 6.09. The smallest absolute Gasteiger partial charge is 0.120 e. The molecular weight excluding hydrogens is 258 g/mol. The number of hydrogen-bond acceptors (Lipinski definition) is 2. The van der Waals surface area contributed by atoms with E-state index in [-0.39, 0.29) is 6.04 Å². The molecule has 3 heteroatoms. The van der Waals surface area contributed by atoms with E-state index in [4.69, 9.17) is 11.6 Å². The second-order valence-electron chi connectivity index (χ2n) is 4.76. The van der Waals surface area contributed by atoms with Gasteiger partial charge < -0.3 is 10.4 Å². The van der Waals surface area contributed by atoms with E-state index in [1.54, 1.807) is 6.07 Å². The minimum Gasteiger partial charge on any atom is -0.508 e. The Balaban J connectivity index is 2.06. The van der Waals surface area contributed by atoms with Gasteiger partial charge in [0, 0.05) is 23.2 Å². The molecule has 2 aromatic rings. The molecule has 2 N–H and O–H groups in total. The standard InChI is InChI=1S/C16H18ClNO/c1-11-7-8-16(19)13(9-11)10-18-12(2)14-5-3-4-6-15(14)17/h3-9,12,18-19H,10H2,1-2H3. The van der Waals surface area contributed by atoms with Crippen molar-refractivity contribution in [2.24, 2.45) is 0 Å². The Labute approximate surface area is 119 Å². The molecule has 1 atom stereocenters. The fraction of sp³-hybridized carbons (Fsp3) is 0.250. The summed E-state index contributed by atoms with van der Waals surface area (Å²) in [5, 5.41) is 13.9. The molecule has 0 heterocycles. The van der Waals surface area contributed by atoms with Gasteiger partial charge in [-0.1, -0.05) is 47.5 Å². The number of benzene rings is 2. The summed E-state index contributed by atoms with van der Waals surface area (Å²) in [6, 6.07) is 13.5. The van der Waals surface area contributed by atoms with Crippen LogP contribution in [0, 0.1) is 6.92 Å². The summed E-state index contributed by atoms with van der Waals surface area (Å²) >= 11 is 6.17. The number of aromatic hydroxyl groups is 1. The predicted molar refractivity (Wildman–Crippen MR) is 79.6 cm³/mol. The monoisotopic (exact) mass is 275 g/mol. The molecule has 0 aliphatic rings. The van der Waals surface area contributed by atoms with Crippen LogP contribution >= 0.6 is 11.6 Å². The van der Waals surface area contributed by atoms with E-state index in [1.807, 2.05) is 43.3 Å². The van der Waals surface area contributed by atoms with Crippen LogP contribution in [0.1, 0.15) is 29.7 Å². The van der Waals surface area contributed by atoms with Gasteiger partial charge in [-0.15, -0.1) is 0 Å². The minimum atomic E-state index is 0.133. The molecule has 0 aromatic heterocycles. The van der Waals surface area contributed by atoms with Gasteiger partial charge in [0.25, 0.3) is 0 Å². The molecule has 100 valence electrons. The van der Waals surface area contributed by atoms with E-state index in [2.05, 4.69) is 12.2 Å². The first-order valence-electron chi connectivity index (χ1n) is 6.34. The number of phenolic OH excluding ortho intramolecular Hbond substituents is 1. The quantitative estimate of drug-likeness (QED) is 0.876. The summed E-state index contributed by atoms with van der Waals surface area (Å²) in [5.74, 6) is 0.324. The fourth-order valence-electron chi connectivity index (χ4n) is 2.06. The summed E-state index contributed by atoms with van der Waals surface area (Å²) in [6.45, 7) is 4.69. The first-order valence-corrected chi connectivity index (χ1v) is 6.72. The molecule has 2 aromatic carbocycles. The molecule has 0 radical (unpaired) electrons. The van der Waals surface area contributed by atoms with Crippen LogP contribution in [0.2, 0.25) is 5.02 Å². The molecule has 0 amide bonds. The van der Waals surface area contributed by atoms with E-state index in [1.165, 1.54) is 0 Å². The van der Waals surface area contributed by atoms with Crippen LogP contribution in [0.4, 0.5) is 0 Å². The summed E-state index contributed by atoms with van der Waals surface area (Å²) in [7, 11) is 0. The van der Waals surface area contributed by atoms with Crippen LogP contribution in [0.5, 0.6) is 5.75 Å². The van der Waals surface area contributed by atoms with Crippen molar-refractivity contribution in [1.82, 2.24) is 5.32 Å². The zero-order valence-corrected chi connectivity index (χ0v) is 11.9. The van der Waals surface area contributed by atoms with Crippen molar-refractivity contribution >= 4 is 11.6 Å². The maximum absolute atomic E-state index is 9.81. The molecule has 2 rings (SSSR count). The highest BCUT2D eigenvalue weighted by Gasteiger charge is 2.09. The SMILES string of the molecule is Cc1ccc(O)c(CNC(C)c2ccccc2Cl)c1. The molecule has 0 aliphatic heterocycles. The highest BCUT2D eigenvalue weighted by Crippen LogP contribution is 2.24. The van der Waals surface area contributed by atoms with Crippen molar-refractivity contribution in [3.8, 4) is 5.75 Å². The maximum Gasteiger partial charge on any atom is 0.120 e. The van der Waals surface area contributed by atoms with Gasteiger partial charge in [-0.2, -0.15) is 0 Å². The maximum atomic E-state index is 9.81. The van der Waals surface area contributed by atoms with Gasteiger partial charge in [0.1, 0.15) is 5.75 Å². The molecular formula is C16H18ClNO.